The van der Waals surface area contributed by atoms with E-state index >= 15 is 0 Å². The summed E-state index contributed by atoms with van der Waals surface area (Å²) in [4.78, 5) is 0. The molecule has 1 atom stereocenters. The van der Waals surface area contributed by atoms with Crippen molar-refractivity contribution in [1.82, 2.24) is 10.2 Å². The van der Waals surface area contributed by atoms with E-state index in [0.29, 0.717) is 23.7 Å². The molecule has 0 bridgehead atoms. The Labute approximate surface area is 111 Å². The Balaban J connectivity index is 2.22. The summed E-state index contributed by atoms with van der Waals surface area (Å²) >= 11 is 0. The maximum atomic E-state index is 10.2. The number of rotatable bonds is 5. The van der Waals surface area contributed by atoms with Crippen molar-refractivity contribution >= 4 is 0 Å². The van der Waals surface area contributed by atoms with Crippen molar-refractivity contribution < 1.29 is 14.6 Å². The molecule has 1 N–H and O–H groups in total. The number of nitrogens with zero attached hydrogens (tertiary/aromatic N) is 2. The van der Waals surface area contributed by atoms with E-state index in [2.05, 4.69) is 10.2 Å². The minimum absolute atomic E-state index is 0.416. The fourth-order valence-electron chi connectivity index (χ4n) is 1.70. The van der Waals surface area contributed by atoms with Crippen LogP contribution in [0.1, 0.15) is 24.3 Å². The first-order valence-electron chi connectivity index (χ1n) is 6.03. The van der Waals surface area contributed by atoms with Crippen molar-refractivity contribution in [2.45, 2.75) is 13.0 Å². The van der Waals surface area contributed by atoms with Gasteiger partial charge in [-0.2, -0.15) is 0 Å². The second-order valence-corrected chi connectivity index (χ2v) is 3.91. The number of hydrogen-bond acceptors (Lipinski definition) is 5. The van der Waals surface area contributed by atoms with Gasteiger partial charge in [-0.1, -0.05) is 12.1 Å². The van der Waals surface area contributed by atoms with E-state index in [-0.39, 0.29) is 0 Å². The average molecular weight is 260 g/mol. The maximum absolute atomic E-state index is 10.2. The van der Waals surface area contributed by atoms with Gasteiger partial charge < -0.3 is 14.6 Å². The molecule has 0 saturated carbocycles. The molecule has 2 aromatic rings. The number of aliphatic hydroxyl groups is 1. The molecule has 0 radical (unpaired) electrons. The zero-order valence-corrected chi connectivity index (χ0v) is 10.9. The first-order valence-corrected chi connectivity index (χ1v) is 6.03. The summed E-state index contributed by atoms with van der Waals surface area (Å²) < 4.78 is 10.3. The van der Waals surface area contributed by atoms with Gasteiger partial charge in [0.2, 0.25) is 5.88 Å². The predicted octanol–water partition coefficient (Wildman–Crippen LogP) is 1.97. The minimum Gasteiger partial charge on any atom is -0.494 e. The van der Waals surface area contributed by atoms with Crippen LogP contribution in [0, 0.1) is 0 Å². The third kappa shape index (κ3) is 3.20. The third-order valence-electron chi connectivity index (χ3n) is 2.63. The highest BCUT2D eigenvalue weighted by Crippen LogP contribution is 2.24. The normalized spacial score (nSPS) is 11.9. The van der Waals surface area contributed by atoms with Gasteiger partial charge in [0.25, 0.3) is 0 Å². The van der Waals surface area contributed by atoms with Crippen LogP contribution in [0.25, 0.3) is 0 Å². The molecule has 0 spiro atoms. The van der Waals surface area contributed by atoms with E-state index in [1.807, 2.05) is 25.1 Å². The molecule has 1 heterocycles. The van der Waals surface area contributed by atoms with Crippen LogP contribution in [0.4, 0.5) is 0 Å². The van der Waals surface area contributed by atoms with E-state index in [1.165, 1.54) is 7.11 Å². The Kier molecular flexibility index (Phi) is 4.30. The smallest absolute Gasteiger partial charge is 0.233 e. The molecule has 0 fully saturated rings. The molecular weight excluding hydrogens is 244 g/mol. The van der Waals surface area contributed by atoms with Gasteiger partial charge in [0.15, 0.2) is 0 Å². The molecule has 0 aliphatic carbocycles. The van der Waals surface area contributed by atoms with Crippen molar-refractivity contribution in [3.63, 3.8) is 0 Å². The molecule has 100 valence electrons. The number of aromatic nitrogens is 2. The summed E-state index contributed by atoms with van der Waals surface area (Å²) in [5.74, 6) is 1.14. The van der Waals surface area contributed by atoms with Gasteiger partial charge in [-0.05, 0) is 30.7 Å². The van der Waals surface area contributed by atoms with Crippen LogP contribution in [-0.4, -0.2) is 29.0 Å². The van der Waals surface area contributed by atoms with Crippen LogP contribution in [0.15, 0.2) is 36.4 Å². The van der Waals surface area contributed by atoms with Crippen molar-refractivity contribution in [2.75, 3.05) is 13.7 Å². The second-order valence-electron chi connectivity index (χ2n) is 3.91. The fourth-order valence-corrected chi connectivity index (χ4v) is 1.70. The lowest BCUT2D eigenvalue weighted by molar-refractivity contribution is 0.212. The van der Waals surface area contributed by atoms with E-state index in [4.69, 9.17) is 9.47 Å². The van der Waals surface area contributed by atoms with E-state index < -0.39 is 6.10 Å². The molecule has 0 aliphatic rings. The van der Waals surface area contributed by atoms with E-state index in [9.17, 15) is 5.11 Å². The van der Waals surface area contributed by atoms with Gasteiger partial charge in [0.05, 0.1) is 19.4 Å². The zero-order valence-electron chi connectivity index (χ0n) is 10.9. The Morgan fingerprint density at radius 2 is 2.05 bits per heavy atom. The molecule has 5 nitrogen and oxygen atoms in total. The lowest BCUT2D eigenvalue weighted by Gasteiger charge is -2.11. The Bertz CT molecular complexity index is 528. The van der Waals surface area contributed by atoms with E-state index in [1.54, 1.807) is 18.2 Å². The molecule has 0 aliphatic heterocycles. The molecular formula is C14H16N2O3. The number of methoxy groups -OCH3 is 1. The molecule has 1 unspecified atom stereocenters. The molecule has 2 rings (SSSR count). The largest absolute Gasteiger partial charge is 0.494 e. The van der Waals surface area contributed by atoms with Crippen molar-refractivity contribution in [3.8, 4) is 11.6 Å². The SMILES string of the molecule is CCOc1cccc(C(O)c2ccc(OC)nn2)c1. The maximum Gasteiger partial charge on any atom is 0.233 e. The first-order chi connectivity index (χ1) is 9.24. The van der Waals surface area contributed by atoms with Crippen LogP contribution >= 0.6 is 0 Å². The number of aliphatic hydroxyl groups excluding tert-OH is 1. The average Bonchev–Trinajstić information content (AvgIpc) is 2.47. The van der Waals surface area contributed by atoms with Gasteiger partial charge in [0, 0.05) is 6.07 Å². The lowest BCUT2D eigenvalue weighted by atomic mass is 10.1. The molecule has 5 heteroatoms. The van der Waals surface area contributed by atoms with Gasteiger partial charge >= 0.3 is 0 Å². The lowest BCUT2D eigenvalue weighted by Crippen LogP contribution is -2.04. The molecule has 0 saturated heterocycles. The Hall–Kier alpha value is -2.14. The highest BCUT2D eigenvalue weighted by molar-refractivity contribution is 5.33. The number of ether oxygens (including phenoxy) is 2. The first kappa shape index (κ1) is 13.3. The molecule has 0 amide bonds. The van der Waals surface area contributed by atoms with Gasteiger partial charge in [0.1, 0.15) is 11.9 Å². The van der Waals surface area contributed by atoms with Crippen molar-refractivity contribution in [2.24, 2.45) is 0 Å². The standard InChI is InChI=1S/C14H16N2O3/c1-3-19-11-6-4-5-10(9-11)14(17)12-7-8-13(18-2)16-15-12/h4-9,14,17H,3H2,1-2H3. The predicted molar refractivity (Wildman–Crippen MR) is 70.3 cm³/mol. The van der Waals surface area contributed by atoms with Crippen LogP contribution < -0.4 is 9.47 Å². The summed E-state index contributed by atoms with van der Waals surface area (Å²) in [7, 11) is 1.52. The topological polar surface area (TPSA) is 64.5 Å². The fraction of sp³-hybridized carbons (Fsp3) is 0.286. The highest BCUT2D eigenvalue weighted by Gasteiger charge is 2.13. The van der Waals surface area contributed by atoms with E-state index in [0.717, 1.165) is 5.75 Å². The molecule has 1 aromatic heterocycles. The minimum atomic E-state index is -0.834. The van der Waals surface area contributed by atoms with Crippen molar-refractivity contribution in [1.29, 1.82) is 0 Å². The monoisotopic (exact) mass is 260 g/mol. The number of hydrogen-bond donors (Lipinski definition) is 1. The van der Waals surface area contributed by atoms with Crippen LogP contribution in [0.2, 0.25) is 0 Å². The summed E-state index contributed by atoms with van der Waals surface area (Å²) in [5.41, 5.74) is 1.18. The van der Waals surface area contributed by atoms with Crippen molar-refractivity contribution in [3.05, 3.63) is 47.7 Å². The summed E-state index contributed by atoms with van der Waals surface area (Å²) in [5, 5.41) is 18.0. The Morgan fingerprint density at radius 1 is 1.21 bits per heavy atom. The van der Waals surface area contributed by atoms with Crippen LogP contribution in [0.5, 0.6) is 11.6 Å². The van der Waals surface area contributed by atoms with Crippen LogP contribution in [0.3, 0.4) is 0 Å². The summed E-state index contributed by atoms with van der Waals surface area (Å²) in [6, 6.07) is 10.6. The zero-order chi connectivity index (χ0) is 13.7. The quantitative estimate of drug-likeness (QED) is 0.890. The second kappa shape index (κ2) is 6.15. The summed E-state index contributed by atoms with van der Waals surface area (Å²) in [6.07, 6.45) is -0.834. The molecule has 1 aromatic carbocycles. The van der Waals surface area contributed by atoms with Crippen LogP contribution in [-0.2, 0) is 0 Å². The third-order valence-corrected chi connectivity index (χ3v) is 2.63. The van der Waals surface area contributed by atoms with Gasteiger partial charge in [-0.15, -0.1) is 10.2 Å². The Morgan fingerprint density at radius 3 is 2.68 bits per heavy atom. The van der Waals surface area contributed by atoms with Gasteiger partial charge in [-0.25, -0.2) is 0 Å². The van der Waals surface area contributed by atoms with Gasteiger partial charge in [-0.3, -0.25) is 0 Å². The molecule has 19 heavy (non-hydrogen) atoms. The number of benzene rings is 1. The summed E-state index contributed by atoms with van der Waals surface area (Å²) in [6.45, 7) is 2.50. The highest BCUT2D eigenvalue weighted by atomic mass is 16.5.